The molecule has 0 aliphatic heterocycles. The molecule has 30 heavy (non-hydrogen) atoms. The number of pyridine rings is 1. The molecule has 1 heterocycles. The smallest absolute Gasteiger partial charge is 0.137 e. The molecule has 0 spiro atoms. The number of ketones is 1. The maximum Gasteiger partial charge on any atom is 0.137 e. The van der Waals surface area contributed by atoms with Crippen molar-refractivity contribution < 1.29 is 9.90 Å². The van der Waals surface area contributed by atoms with Gasteiger partial charge < -0.3 is 5.11 Å². The molecule has 0 fully saturated rings. The lowest BCUT2D eigenvalue weighted by atomic mass is 9.78. The van der Waals surface area contributed by atoms with Gasteiger partial charge in [0.1, 0.15) is 11.5 Å². The first kappa shape index (κ1) is 24.1. The van der Waals surface area contributed by atoms with E-state index < -0.39 is 0 Å². The predicted octanol–water partition coefficient (Wildman–Crippen LogP) is 6.69. The molecule has 0 bridgehead atoms. The van der Waals surface area contributed by atoms with Gasteiger partial charge in [0.25, 0.3) is 0 Å². The van der Waals surface area contributed by atoms with Gasteiger partial charge in [-0.25, -0.2) is 0 Å². The number of rotatable bonds is 9. The number of nitrogens with zero attached hydrogens (tertiary/aromatic N) is 1. The third-order valence-corrected chi connectivity index (χ3v) is 5.58. The Morgan fingerprint density at radius 2 is 1.50 bits per heavy atom. The summed E-state index contributed by atoms with van der Waals surface area (Å²) in [5.41, 5.74) is 3.81. The van der Waals surface area contributed by atoms with Gasteiger partial charge in [0, 0.05) is 25.2 Å². The number of carbonyl (C=O) groups is 1. The molecule has 0 radical (unpaired) electrons. The summed E-state index contributed by atoms with van der Waals surface area (Å²) >= 11 is 0. The number of Topliss-reactive ketones (excluding diaryl/α,β-unsaturated/α-hetero) is 1. The summed E-state index contributed by atoms with van der Waals surface area (Å²) in [5, 5.41) is 10.8. The summed E-state index contributed by atoms with van der Waals surface area (Å²) < 4.78 is 0. The number of benzene rings is 1. The highest BCUT2D eigenvalue weighted by molar-refractivity contribution is 5.81. The van der Waals surface area contributed by atoms with Crippen LogP contribution in [0.1, 0.15) is 95.9 Å². The third kappa shape index (κ3) is 7.27. The Labute approximate surface area is 183 Å². The quantitative estimate of drug-likeness (QED) is 0.470. The summed E-state index contributed by atoms with van der Waals surface area (Å²) in [6.07, 6.45) is 10.2. The first-order valence-corrected chi connectivity index (χ1v) is 11.3. The highest BCUT2D eigenvalue weighted by Gasteiger charge is 2.26. The molecule has 1 aromatic carbocycles. The van der Waals surface area contributed by atoms with Crippen molar-refractivity contribution in [3.8, 4) is 5.75 Å². The Kier molecular flexibility index (Phi) is 8.23. The summed E-state index contributed by atoms with van der Waals surface area (Å²) in [4.78, 5) is 16.8. The Balaban J connectivity index is 1.89. The van der Waals surface area contributed by atoms with E-state index in [1.165, 1.54) is 5.56 Å². The number of aromatic hydroxyl groups is 1. The Bertz CT molecular complexity index is 791. The zero-order valence-electron chi connectivity index (χ0n) is 19.7. The van der Waals surface area contributed by atoms with Crippen LogP contribution in [0.3, 0.4) is 0 Å². The van der Waals surface area contributed by atoms with Crippen molar-refractivity contribution in [3.63, 3.8) is 0 Å². The molecule has 0 atom stereocenters. The summed E-state index contributed by atoms with van der Waals surface area (Å²) in [7, 11) is 0. The highest BCUT2D eigenvalue weighted by Crippen LogP contribution is 2.39. The van der Waals surface area contributed by atoms with Crippen LogP contribution in [-0.4, -0.2) is 15.9 Å². The number of phenols is 1. The van der Waals surface area contributed by atoms with Crippen molar-refractivity contribution in [3.05, 3.63) is 58.9 Å². The summed E-state index contributed by atoms with van der Waals surface area (Å²) in [6, 6.07) is 8.14. The van der Waals surface area contributed by atoms with Crippen molar-refractivity contribution in [2.24, 2.45) is 0 Å². The van der Waals surface area contributed by atoms with Crippen LogP contribution in [0.2, 0.25) is 0 Å². The number of hydrogen-bond donors (Lipinski definition) is 1. The average molecular weight is 410 g/mol. The number of aryl methyl sites for hydroxylation is 1. The lowest BCUT2D eigenvalue weighted by Gasteiger charge is -2.28. The molecule has 0 aliphatic rings. The molecule has 0 saturated carbocycles. The van der Waals surface area contributed by atoms with Crippen LogP contribution in [0, 0.1) is 0 Å². The Morgan fingerprint density at radius 1 is 0.900 bits per heavy atom. The van der Waals surface area contributed by atoms with E-state index in [1.54, 1.807) is 6.20 Å². The Hall–Kier alpha value is -2.16. The molecule has 2 aromatic rings. The van der Waals surface area contributed by atoms with Crippen LogP contribution in [0.25, 0.3) is 0 Å². The van der Waals surface area contributed by atoms with E-state index in [9.17, 15) is 9.90 Å². The van der Waals surface area contributed by atoms with Crippen LogP contribution < -0.4 is 0 Å². The second-order valence-corrected chi connectivity index (χ2v) is 10.5. The molecule has 0 unspecified atom stereocenters. The minimum Gasteiger partial charge on any atom is -0.507 e. The maximum absolute atomic E-state index is 12.6. The van der Waals surface area contributed by atoms with Crippen LogP contribution in [0.15, 0.2) is 36.7 Å². The standard InChI is InChI=1S/C27H39NO2/c1-26(2,3)23-17-21(18-24(25(23)30)27(4,5)6)16-22(29)14-10-8-7-9-12-20-13-11-15-28-19-20/h11,13,15,17-19,30H,7-10,12,14,16H2,1-6H3. The van der Waals surface area contributed by atoms with E-state index in [0.29, 0.717) is 18.6 Å². The maximum atomic E-state index is 12.6. The molecule has 2 rings (SSSR count). The molecule has 3 heteroatoms. The largest absolute Gasteiger partial charge is 0.507 e. The van der Waals surface area contributed by atoms with Crippen molar-refractivity contribution >= 4 is 5.78 Å². The highest BCUT2D eigenvalue weighted by atomic mass is 16.3. The van der Waals surface area contributed by atoms with Crippen molar-refractivity contribution in [1.82, 2.24) is 4.98 Å². The molecule has 0 saturated heterocycles. The summed E-state index contributed by atoms with van der Waals surface area (Å²) in [6.45, 7) is 12.6. The van der Waals surface area contributed by atoms with E-state index in [4.69, 9.17) is 0 Å². The fraction of sp³-hybridized carbons (Fsp3) is 0.556. The second kappa shape index (κ2) is 10.2. The number of carbonyl (C=O) groups excluding carboxylic acids is 1. The SMILES string of the molecule is CC(C)(C)c1cc(CC(=O)CCCCCCc2cccnc2)cc(C(C)(C)C)c1O. The first-order valence-electron chi connectivity index (χ1n) is 11.3. The van der Waals surface area contributed by atoms with Gasteiger partial charge in [0.15, 0.2) is 0 Å². The summed E-state index contributed by atoms with van der Waals surface area (Å²) in [5.74, 6) is 0.660. The molecule has 0 aliphatic carbocycles. The van der Waals surface area contributed by atoms with Crippen molar-refractivity contribution in [2.75, 3.05) is 0 Å². The second-order valence-electron chi connectivity index (χ2n) is 10.5. The zero-order valence-corrected chi connectivity index (χ0v) is 19.7. The van der Waals surface area contributed by atoms with E-state index in [-0.39, 0.29) is 16.6 Å². The topological polar surface area (TPSA) is 50.2 Å². The van der Waals surface area contributed by atoms with Gasteiger partial charge in [-0.05, 0) is 58.4 Å². The van der Waals surface area contributed by atoms with Crippen molar-refractivity contribution in [2.45, 2.75) is 97.3 Å². The van der Waals surface area contributed by atoms with Gasteiger partial charge in [-0.2, -0.15) is 0 Å². The minimum absolute atomic E-state index is 0.169. The molecule has 1 aromatic heterocycles. The number of hydrogen-bond acceptors (Lipinski definition) is 3. The normalized spacial score (nSPS) is 12.2. The van der Waals surface area contributed by atoms with E-state index >= 15 is 0 Å². The van der Waals surface area contributed by atoms with E-state index in [0.717, 1.165) is 48.8 Å². The average Bonchev–Trinajstić information content (AvgIpc) is 2.65. The number of aromatic nitrogens is 1. The molecule has 1 N–H and O–H groups in total. The van der Waals surface area contributed by atoms with Crippen LogP contribution >= 0.6 is 0 Å². The molecule has 3 nitrogen and oxygen atoms in total. The van der Waals surface area contributed by atoms with Crippen LogP contribution in [0.4, 0.5) is 0 Å². The van der Waals surface area contributed by atoms with Gasteiger partial charge in [0.2, 0.25) is 0 Å². The fourth-order valence-electron chi connectivity index (χ4n) is 3.81. The lowest BCUT2D eigenvalue weighted by Crippen LogP contribution is -2.18. The van der Waals surface area contributed by atoms with Gasteiger partial charge in [-0.3, -0.25) is 9.78 Å². The van der Waals surface area contributed by atoms with Crippen molar-refractivity contribution in [1.29, 1.82) is 0 Å². The third-order valence-electron chi connectivity index (χ3n) is 5.58. The Morgan fingerprint density at radius 3 is 2.03 bits per heavy atom. The van der Waals surface area contributed by atoms with E-state index in [1.807, 2.05) is 24.4 Å². The molecular weight excluding hydrogens is 370 g/mol. The van der Waals surface area contributed by atoms with Gasteiger partial charge in [-0.15, -0.1) is 0 Å². The predicted molar refractivity (Wildman–Crippen MR) is 125 cm³/mol. The fourth-order valence-corrected chi connectivity index (χ4v) is 3.81. The first-order chi connectivity index (χ1) is 14.0. The minimum atomic E-state index is -0.169. The van der Waals surface area contributed by atoms with Gasteiger partial charge in [-0.1, -0.05) is 72.6 Å². The number of phenolic OH excluding ortho intramolecular Hbond substituents is 1. The number of unbranched alkanes of at least 4 members (excludes halogenated alkanes) is 3. The van der Waals surface area contributed by atoms with E-state index in [2.05, 4.69) is 52.6 Å². The molecule has 0 amide bonds. The van der Waals surface area contributed by atoms with Crippen LogP contribution in [-0.2, 0) is 28.5 Å². The van der Waals surface area contributed by atoms with Crippen LogP contribution in [0.5, 0.6) is 5.75 Å². The lowest BCUT2D eigenvalue weighted by molar-refractivity contribution is -0.118. The van der Waals surface area contributed by atoms with Gasteiger partial charge >= 0.3 is 0 Å². The zero-order chi connectivity index (χ0) is 22.4. The molecular formula is C27H39NO2. The van der Waals surface area contributed by atoms with Gasteiger partial charge in [0.05, 0.1) is 0 Å². The monoisotopic (exact) mass is 409 g/mol. The molecule has 164 valence electrons.